The molecule has 0 aromatic heterocycles. The van der Waals surface area contributed by atoms with E-state index in [0.717, 1.165) is 25.1 Å². The van der Waals surface area contributed by atoms with Crippen molar-refractivity contribution in [3.05, 3.63) is 27.7 Å². The second-order valence-corrected chi connectivity index (χ2v) is 5.23. The molecular formula is C12H16Cl2N2O. The van der Waals surface area contributed by atoms with Gasteiger partial charge in [0.25, 0.3) is 0 Å². The van der Waals surface area contributed by atoms with Gasteiger partial charge in [0.15, 0.2) is 0 Å². The van der Waals surface area contributed by atoms with Crippen LogP contribution in [0, 0.1) is 5.92 Å². The zero-order valence-electron chi connectivity index (χ0n) is 9.42. The number of phenols is 1. The van der Waals surface area contributed by atoms with Crippen LogP contribution in [0.3, 0.4) is 0 Å². The van der Waals surface area contributed by atoms with E-state index >= 15 is 0 Å². The van der Waals surface area contributed by atoms with Gasteiger partial charge >= 0.3 is 0 Å². The summed E-state index contributed by atoms with van der Waals surface area (Å²) in [6.45, 7) is 2.40. The maximum atomic E-state index is 9.98. The average molecular weight is 275 g/mol. The van der Waals surface area contributed by atoms with E-state index in [-0.39, 0.29) is 11.7 Å². The van der Waals surface area contributed by atoms with E-state index in [1.165, 1.54) is 6.07 Å². The number of nitrogens with one attached hydrogen (secondary N) is 1. The van der Waals surface area contributed by atoms with Gasteiger partial charge in [0.2, 0.25) is 0 Å². The highest BCUT2D eigenvalue weighted by Crippen LogP contribution is 2.39. The van der Waals surface area contributed by atoms with Gasteiger partial charge in [-0.25, -0.2) is 0 Å². The molecule has 0 radical (unpaired) electrons. The van der Waals surface area contributed by atoms with Gasteiger partial charge in [0.1, 0.15) is 5.75 Å². The van der Waals surface area contributed by atoms with Crippen molar-refractivity contribution in [2.24, 2.45) is 11.7 Å². The third kappa shape index (κ3) is 2.68. The minimum Gasteiger partial charge on any atom is -0.508 e. The minimum atomic E-state index is 0.213. The summed E-state index contributed by atoms with van der Waals surface area (Å²) in [5.74, 6) is 0.785. The monoisotopic (exact) mass is 274 g/mol. The summed E-state index contributed by atoms with van der Waals surface area (Å²) in [7, 11) is 0. The van der Waals surface area contributed by atoms with Crippen LogP contribution in [0.2, 0.25) is 10.0 Å². The summed E-state index contributed by atoms with van der Waals surface area (Å²) in [5, 5.41) is 14.1. The molecule has 2 atom stereocenters. The SMILES string of the molecule is NC[C@@H]1CNCC[C@@H]1c1cc(Cl)c(Cl)cc1O. The Morgan fingerprint density at radius 2 is 2.06 bits per heavy atom. The van der Waals surface area contributed by atoms with Crippen LogP contribution in [-0.2, 0) is 0 Å². The summed E-state index contributed by atoms with van der Waals surface area (Å²) < 4.78 is 0. The van der Waals surface area contributed by atoms with Crippen LogP contribution in [0.1, 0.15) is 17.9 Å². The molecule has 0 spiro atoms. The number of halogens is 2. The molecule has 1 aromatic rings. The highest BCUT2D eigenvalue weighted by Gasteiger charge is 2.27. The normalized spacial score (nSPS) is 24.9. The molecule has 4 N–H and O–H groups in total. The van der Waals surface area contributed by atoms with E-state index in [0.29, 0.717) is 22.5 Å². The average Bonchev–Trinajstić information content (AvgIpc) is 2.34. The largest absolute Gasteiger partial charge is 0.508 e. The van der Waals surface area contributed by atoms with Crippen LogP contribution < -0.4 is 11.1 Å². The lowest BCUT2D eigenvalue weighted by Gasteiger charge is -2.32. The molecule has 0 amide bonds. The molecule has 1 saturated heterocycles. The Labute approximate surface area is 111 Å². The quantitative estimate of drug-likeness (QED) is 0.776. The van der Waals surface area contributed by atoms with Crippen molar-refractivity contribution in [2.45, 2.75) is 12.3 Å². The lowest BCUT2D eigenvalue weighted by atomic mass is 9.81. The van der Waals surface area contributed by atoms with Crippen LogP contribution >= 0.6 is 23.2 Å². The zero-order chi connectivity index (χ0) is 12.4. The molecule has 0 unspecified atom stereocenters. The second kappa shape index (κ2) is 5.44. The van der Waals surface area contributed by atoms with Gasteiger partial charge in [0.05, 0.1) is 10.0 Å². The Bertz CT molecular complexity index is 412. The fourth-order valence-electron chi connectivity index (χ4n) is 2.43. The number of phenolic OH excluding ortho intramolecular Hbond substituents is 1. The van der Waals surface area contributed by atoms with Gasteiger partial charge in [-0.15, -0.1) is 0 Å². The number of hydrogen-bond donors (Lipinski definition) is 3. The molecule has 3 nitrogen and oxygen atoms in total. The van der Waals surface area contributed by atoms with Gasteiger partial charge in [-0.05, 0) is 49.5 Å². The van der Waals surface area contributed by atoms with Crippen molar-refractivity contribution < 1.29 is 5.11 Å². The van der Waals surface area contributed by atoms with E-state index in [9.17, 15) is 5.11 Å². The Balaban J connectivity index is 2.34. The van der Waals surface area contributed by atoms with E-state index in [2.05, 4.69) is 5.32 Å². The minimum absolute atomic E-state index is 0.213. The highest BCUT2D eigenvalue weighted by molar-refractivity contribution is 6.42. The molecule has 2 rings (SSSR count). The van der Waals surface area contributed by atoms with Crippen molar-refractivity contribution in [1.82, 2.24) is 5.32 Å². The fraction of sp³-hybridized carbons (Fsp3) is 0.500. The van der Waals surface area contributed by atoms with Gasteiger partial charge in [-0.3, -0.25) is 0 Å². The van der Waals surface area contributed by atoms with Crippen molar-refractivity contribution in [3.8, 4) is 5.75 Å². The molecule has 0 aliphatic carbocycles. The lowest BCUT2D eigenvalue weighted by molar-refractivity contribution is 0.324. The van der Waals surface area contributed by atoms with Gasteiger partial charge in [-0.2, -0.15) is 0 Å². The molecular weight excluding hydrogens is 259 g/mol. The Kier molecular flexibility index (Phi) is 4.15. The molecule has 5 heteroatoms. The van der Waals surface area contributed by atoms with Crippen molar-refractivity contribution in [3.63, 3.8) is 0 Å². The van der Waals surface area contributed by atoms with Gasteiger partial charge in [0, 0.05) is 6.07 Å². The molecule has 1 aliphatic rings. The third-order valence-electron chi connectivity index (χ3n) is 3.38. The number of rotatable bonds is 2. The number of benzene rings is 1. The summed E-state index contributed by atoms with van der Waals surface area (Å²) >= 11 is 11.9. The molecule has 0 saturated carbocycles. The summed E-state index contributed by atoms with van der Waals surface area (Å²) in [4.78, 5) is 0. The molecule has 94 valence electrons. The van der Waals surface area contributed by atoms with Crippen LogP contribution in [0.25, 0.3) is 0 Å². The predicted octanol–water partition coefficient (Wildman–Crippen LogP) is 2.35. The summed E-state index contributed by atoms with van der Waals surface area (Å²) in [5.41, 5.74) is 6.63. The Morgan fingerprint density at radius 3 is 2.76 bits per heavy atom. The van der Waals surface area contributed by atoms with Gasteiger partial charge in [-0.1, -0.05) is 23.2 Å². The van der Waals surface area contributed by atoms with Gasteiger partial charge < -0.3 is 16.2 Å². The topological polar surface area (TPSA) is 58.3 Å². The smallest absolute Gasteiger partial charge is 0.120 e. The highest BCUT2D eigenvalue weighted by atomic mass is 35.5. The van der Waals surface area contributed by atoms with Crippen molar-refractivity contribution in [2.75, 3.05) is 19.6 Å². The molecule has 17 heavy (non-hydrogen) atoms. The maximum absolute atomic E-state index is 9.98. The summed E-state index contributed by atoms with van der Waals surface area (Å²) in [6, 6.07) is 3.27. The van der Waals surface area contributed by atoms with Crippen molar-refractivity contribution >= 4 is 23.2 Å². The first kappa shape index (κ1) is 13.0. The predicted molar refractivity (Wildman–Crippen MR) is 70.9 cm³/mol. The number of nitrogens with two attached hydrogens (primary N) is 1. The van der Waals surface area contributed by atoms with E-state index < -0.39 is 0 Å². The maximum Gasteiger partial charge on any atom is 0.120 e. The molecule has 1 aliphatic heterocycles. The van der Waals surface area contributed by atoms with Crippen LogP contribution in [0.4, 0.5) is 0 Å². The zero-order valence-corrected chi connectivity index (χ0v) is 10.9. The Morgan fingerprint density at radius 1 is 1.35 bits per heavy atom. The number of aromatic hydroxyl groups is 1. The van der Waals surface area contributed by atoms with Crippen molar-refractivity contribution in [1.29, 1.82) is 0 Å². The second-order valence-electron chi connectivity index (χ2n) is 4.42. The van der Waals surface area contributed by atoms with E-state index in [1.807, 2.05) is 0 Å². The number of hydrogen-bond acceptors (Lipinski definition) is 3. The lowest BCUT2D eigenvalue weighted by Crippen LogP contribution is -2.39. The molecule has 1 aromatic carbocycles. The van der Waals surface area contributed by atoms with E-state index in [4.69, 9.17) is 28.9 Å². The third-order valence-corrected chi connectivity index (χ3v) is 4.10. The molecule has 0 bridgehead atoms. The first-order valence-electron chi connectivity index (χ1n) is 5.72. The first-order chi connectivity index (χ1) is 8.13. The molecule has 1 heterocycles. The first-order valence-corrected chi connectivity index (χ1v) is 6.47. The fourth-order valence-corrected chi connectivity index (χ4v) is 2.76. The Hall–Kier alpha value is -0.480. The number of piperidine rings is 1. The molecule has 1 fully saturated rings. The summed E-state index contributed by atoms with van der Waals surface area (Å²) in [6.07, 6.45) is 0.952. The van der Waals surface area contributed by atoms with Crippen LogP contribution in [-0.4, -0.2) is 24.7 Å². The van der Waals surface area contributed by atoms with Crippen LogP contribution in [0.15, 0.2) is 12.1 Å². The van der Waals surface area contributed by atoms with Crippen LogP contribution in [0.5, 0.6) is 5.75 Å². The standard InChI is InChI=1S/C12H16Cl2N2O/c13-10-3-9(12(17)4-11(10)14)8-1-2-16-6-7(8)5-15/h3-4,7-8,16-17H,1-2,5-6,15H2/t7-,8+/m1/s1. The van der Waals surface area contributed by atoms with E-state index in [1.54, 1.807) is 6.07 Å².